The minimum Gasteiger partial charge on any atom is -0.314 e. The molecule has 1 fully saturated rings. The van der Waals surface area contributed by atoms with Gasteiger partial charge in [0.2, 0.25) is 0 Å². The van der Waals surface area contributed by atoms with E-state index in [-0.39, 0.29) is 5.41 Å². The number of hydrogen-bond acceptors (Lipinski definition) is 2. The van der Waals surface area contributed by atoms with Gasteiger partial charge in [-0.1, -0.05) is 6.42 Å². The van der Waals surface area contributed by atoms with Crippen molar-refractivity contribution >= 4 is 0 Å². The van der Waals surface area contributed by atoms with Gasteiger partial charge in [0, 0.05) is 6.04 Å². The summed E-state index contributed by atoms with van der Waals surface area (Å²) in [5, 5.41) is 12.3. The molecule has 0 unspecified atom stereocenters. The number of nitrogens with zero attached hydrogens (tertiary/aromatic N) is 1. The van der Waals surface area contributed by atoms with E-state index in [1.165, 1.54) is 19.3 Å². The largest absolute Gasteiger partial charge is 0.314 e. The second kappa shape index (κ2) is 4.62. The predicted octanol–water partition coefficient (Wildman–Crippen LogP) is 2.46. The van der Waals surface area contributed by atoms with Crippen LogP contribution in [0.2, 0.25) is 0 Å². The van der Waals surface area contributed by atoms with Gasteiger partial charge in [-0.3, -0.25) is 0 Å². The monoisotopic (exact) mass is 180 g/mol. The maximum atomic E-state index is 8.79. The zero-order valence-corrected chi connectivity index (χ0v) is 8.77. The summed E-state index contributed by atoms with van der Waals surface area (Å²) in [6.07, 6.45) is 6.21. The van der Waals surface area contributed by atoms with E-state index >= 15 is 0 Å². The van der Waals surface area contributed by atoms with Crippen molar-refractivity contribution < 1.29 is 0 Å². The molecular weight excluding hydrogens is 160 g/mol. The van der Waals surface area contributed by atoms with E-state index in [0.29, 0.717) is 0 Å². The molecular formula is C11H20N2. The third-order valence-corrected chi connectivity index (χ3v) is 2.82. The lowest BCUT2D eigenvalue weighted by Gasteiger charge is -2.27. The molecule has 1 N–H and O–H groups in total. The highest BCUT2D eigenvalue weighted by Gasteiger charge is 2.18. The molecule has 74 valence electrons. The van der Waals surface area contributed by atoms with Crippen LogP contribution in [0.5, 0.6) is 0 Å². The highest BCUT2D eigenvalue weighted by molar-refractivity contribution is 4.91. The zero-order valence-electron chi connectivity index (χ0n) is 8.77. The van der Waals surface area contributed by atoms with Gasteiger partial charge in [0.25, 0.3) is 0 Å². The lowest BCUT2D eigenvalue weighted by molar-refractivity contribution is 0.327. The Hall–Kier alpha value is -0.550. The fraction of sp³-hybridized carbons (Fsp3) is 0.909. The van der Waals surface area contributed by atoms with Crippen molar-refractivity contribution in [3.05, 3.63) is 0 Å². The van der Waals surface area contributed by atoms with Crippen LogP contribution >= 0.6 is 0 Å². The van der Waals surface area contributed by atoms with Gasteiger partial charge in [0.05, 0.1) is 11.5 Å². The Morgan fingerprint density at radius 1 is 1.46 bits per heavy atom. The molecule has 0 aliphatic heterocycles. The van der Waals surface area contributed by atoms with Gasteiger partial charge in [-0.05, 0) is 46.1 Å². The average molecular weight is 180 g/mol. The molecule has 0 saturated heterocycles. The summed E-state index contributed by atoms with van der Waals surface area (Å²) >= 11 is 0. The summed E-state index contributed by atoms with van der Waals surface area (Å²) in [7, 11) is 0. The van der Waals surface area contributed by atoms with Gasteiger partial charge >= 0.3 is 0 Å². The van der Waals surface area contributed by atoms with Gasteiger partial charge in [0.1, 0.15) is 0 Å². The fourth-order valence-electron chi connectivity index (χ4n) is 1.50. The van der Waals surface area contributed by atoms with Gasteiger partial charge in [0.15, 0.2) is 0 Å². The van der Waals surface area contributed by atoms with E-state index in [2.05, 4.69) is 11.4 Å². The van der Waals surface area contributed by atoms with E-state index in [4.69, 9.17) is 5.26 Å². The maximum Gasteiger partial charge on any atom is 0.0683 e. The van der Waals surface area contributed by atoms with Gasteiger partial charge in [-0.2, -0.15) is 5.26 Å². The van der Waals surface area contributed by atoms with Crippen LogP contribution in [0.25, 0.3) is 0 Å². The topological polar surface area (TPSA) is 35.8 Å². The first-order valence-electron chi connectivity index (χ1n) is 5.29. The zero-order chi connectivity index (χ0) is 9.73. The SMILES string of the molecule is CC(C)(C#N)CCCNC1CCC1. The van der Waals surface area contributed by atoms with Gasteiger partial charge in [-0.15, -0.1) is 0 Å². The molecule has 2 heteroatoms. The van der Waals surface area contributed by atoms with E-state index < -0.39 is 0 Å². The minimum absolute atomic E-state index is 0.138. The lowest BCUT2D eigenvalue weighted by atomic mass is 9.89. The molecule has 1 rings (SSSR count). The van der Waals surface area contributed by atoms with Crippen LogP contribution in [0.3, 0.4) is 0 Å². The predicted molar refractivity (Wildman–Crippen MR) is 54.3 cm³/mol. The average Bonchev–Trinajstić information content (AvgIpc) is 2.01. The summed E-state index contributed by atoms with van der Waals surface area (Å²) in [6.45, 7) is 5.10. The summed E-state index contributed by atoms with van der Waals surface area (Å²) in [5.74, 6) is 0. The summed E-state index contributed by atoms with van der Waals surface area (Å²) in [5.41, 5.74) is -0.138. The van der Waals surface area contributed by atoms with Crippen LogP contribution < -0.4 is 5.32 Å². The first kappa shape index (κ1) is 10.5. The van der Waals surface area contributed by atoms with Crippen LogP contribution in [0, 0.1) is 16.7 Å². The molecule has 1 aliphatic carbocycles. The molecule has 0 bridgehead atoms. The van der Waals surface area contributed by atoms with Crippen molar-refractivity contribution in [2.75, 3.05) is 6.54 Å². The third kappa shape index (κ3) is 3.78. The van der Waals surface area contributed by atoms with Crippen molar-refractivity contribution in [2.24, 2.45) is 5.41 Å². The van der Waals surface area contributed by atoms with Crippen molar-refractivity contribution in [1.29, 1.82) is 5.26 Å². The smallest absolute Gasteiger partial charge is 0.0683 e. The number of nitrogens with one attached hydrogen (secondary N) is 1. The minimum atomic E-state index is -0.138. The molecule has 13 heavy (non-hydrogen) atoms. The van der Waals surface area contributed by atoms with E-state index in [1.54, 1.807) is 0 Å². The lowest BCUT2D eigenvalue weighted by Crippen LogP contribution is -2.35. The Labute approximate surface area is 81.3 Å². The molecule has 0 atom stereocenters. The summed E-state index contributed by atoms with van der Waals surface area (Å²) in [4.78, 5) is 0. The molecule has 1 aliphatic rings. The highest BCUT2D eigenvalue weighted by Crippen LogP contribution is 2.21. The van der Waals surface area contributed by atoms with Crippen LogP contribution in [0.1, 0.15) is 46.0 Å². The van der Waals surface area contributed by atoms with E-state index in [1.807, 2.05) is 13.8 Å². The normalized spacial score (nSPS) is 17.9. The van der Waals surface area contributed by atoms with Crippen LogP contribution in [-0.2, 0) is 0 Å². The number of hydrogen-bond donors (Lipinski definition) is 1. The fourth-order valence-corrected chi connectivity index (χ4v) is 1.50. The van der Waals surface area contributed by atoms with Gasteiger partial charge in [-0.25, -0.2) is 0 Å². The molecule has 2 nitrogen and oxygen atoms in total. The molecule has 0 amide bonds. The Bertz CT molecular complexity index is 187. The Kier molecular flexibility index (Phi) is 3.74. The maximum absolute atomic E-state index is 8.79. The van der Waals surface area contributed by atoms with E-state index in [0.717, 1.165) is 25.4 Å². The van der Waals surface area contributed by atoms with Crippen molar-refractivity contribution in [3.8, 4) is 6.07 Å². The van der Waals surface area contributed by atoms with Crippen molar-refractivity contribution in [1.82, 2.24) is 5.32 Å². The molecule has 0 heterocycles. The quantitative estimate of drug-likeness (QED) is 0.660. The van der Waals surface area contributed by atoms with Gasteiger partial charge < -0.3 is 5.32 Å². The molecule has 0 aromatic heterocycles. The molecule has 0 spiro atoms. The molecule has 1 saturated carbocycles. The molecule has 0 radical (unpaired) electrons. The highest BCUT2D eigenvalue weighted by atomic mass is 14.9. The Balaban J connectivity index is 1.97. The van der Waals surface area contributed by atoms with E-state index in [9.17, 15) is 0 Å². The van der Waals surface area contributed by atoms with Crippen LogP contribution in [0.4, 0.5) is 0 Å². The standard InChI is InChI=1S/C11H20N2/c1-11(2,9-12)7-4-8-13-10-5-3-6-10/h10,13H,3-8H2,1-2H3. The Morgan fingerprint density at radius 2 is 2.15 bits per heavy atom. The first-order valence-corrected chi connectivity index (χ1v) is 5.29. The molecule has 0 aromatic rings. The summed E-state index contributed by atoms with van der Waals surface area (Å²) < 4.78 is 0. The third-order valence-electron chi connectivity index (χ3n) is 2.82. The number of nitriles is 1. The molecule has 0 aromatic carbocycles. The second-order valence-electron chi connectivity index (χ2n) is 4.68. The van der Waals surface area contributed by atoms with Crippen LogP contribution in [0.15, 0.2) is 0 Å². The van der Waals surface area contributed by atoms with Crippen molar-refractivity contribution in [3.63, 3.8) is 0 Å². The van der Waals surface area contributed by atoms with Crippen molar-refractivity contribution in [2.45, 2.75) is 52.0 Å². The first-order chi connectivity index (χ1) is 6.14. The van der Waals surface area contributed by atoms with Crippen LogP contribution in [-0.4, -0.2) is 12.6 Å². The second-order valence-corrected chi connectivity index (χ2v) is 4.68. The number of rotatable bonds is 5. The Morgan fingerprint density at radius 3 is 2.62 bits per heavy atom. The summed E-state index contributed by atoms with van der Waals surface area (Å²) in [6, 6.07) is 3.11.